The van der Waals surface area contributed by atoms with Crippen molar-refractivity contribution in [3.63, 3.8) is 0 Å². The summed E-state index contributed by atoms with van der Waals surface area (Å²) in [5.41, 5.74) is 2.35. The van der Waals surface area contributed by atoms with E-state index in [1.165, 1.54) is 28.4 Å². The molecule has 186 valence electrons. The van der Waals surface area contributed by atoms with Gasteiger partial charge in [0.2, 0.25) is 21.8 Å². The fraction of sp³-hybridized carbons (Fsp3) is 0.440. The first kappa shape index (κ1) is 27.3. The van der Waals surface area contributed by atoms with Crippen LogP contribution in [-0.4, -0.2) is 51.0 Å². The van der Waals surface area contributed by atoms with Crippen molar-refractivity contribution < 1.29 is 22.4 Å². The van der Waals surface area contributed by atoms with Crippen molar-refractivity contribution in [1.82, 2.24) is 10.2 Å². The number of rotatable bonds is 12. The van der Waals surface area contributed by atoms with Crippen LogP contribution in [0, 0.1) is 5.82 Å². The number of carbonyl (C=O) groups excluding carboxylic acids is 2. The highest BCUT2D eigenvalue weighted by Gasteiger charge is 2.28. The number of halogens is 1. The van der Waals surface area contributed by atoms with E-state index in [2.05, 4.69) is 5.32 Å². The molecule has 0 saturated heterocycles. The molecule has 9 heteroatoms. The first-order valence-corrected chi connectivity index (χ1v) is 13.3. The van der Waals surface area contributed by atoms with E-state index in [0.717, 1.165) is 18.2 Å². The Morgan fingerprint density at radius 2 is 1.59 bits per heavy atom. The molecule has 0 aliphatic rings. The highest BCUT2D eigenvalue weighted by molar-refractivity contribution is 7.92. The molecule has 0 radical (unpaired) electrons. The van der Waals surface area contributed by atoms with Crippen molar-refractivity contribution in [2.24, 2.45) is 0 Å². The minimum absolute atomic E-state index is 0.0632. The SMILES string of the molecule is CCc1ccc(N(CCCC(=O)N(Cc2ccc(F)cc2)C(CC)C(=O)NC)S(C)(=O)=O)cc1. The van der Waals surface area contributed by atoms with Crippen LogP contribution in [0.3, 0.4) is 0 Å². The van der Waals surface area contributed by atoms with Gasteiger partial charge in [0, 0.05) is 26.6 Å². The average Bonchev–Trinajstić information content (AvgIpc) is 2.82. The molecule has 34 heavy (non-hydrogen) atoms. The molecule has 7 nitrogen and oxygen atoms in total. The molecule has 2 amide bonds. The van der Waals surface area contributed by atoms with E-state index >= 15 is 0 Å². The number of nitrogens with one attached hydrogen (secondary N) is 1. The molecule has 1 N–H and O–H groups in total. The van der Waals surface area contributed by atoms with E-state index in [9.17, 15) is 22.4 Å². The van der Waals surface area contributed by atoms with Gasteiger partial charge in [0.15, 0.2) is 0 Å². The van der Waals surface area contributed by atoms with Gasteiger partial charge < -0.3 is 10.2 Å². The summed E-state index contributed by atoms with van der Waals surface area (Å²) in [6.07, 6.45) is 2.74. The summed E-state index contributed by atoms with van der Waals surface area (Å²) in [4.78, 5) is 27.1. The van der Waals surface area contributed by atoms with Gasteiger partial charge in [-0.15, -0.1) is 0 Å². The van der Waals surface area contributed by atoms with Gasteiger partial charge in [-0.3, -0.25) is 13.9 Å². The number of sulfonamides is 1. The summed E-state index contributed by atoms with van der Waals surface area (Å²) in [7, 11) is -2.02. The van der Waals surface area contributed by atoms with Gasteiger partial charge in [-0.1, -0.05) is 38.1 Å². The van der Waals surface area contributed by atoms with Crippen molar-refractivity contribution in [2.45, 2.75) is 52.1 Å². The zero-order chi connectivity index (χ0) is 25.3. The van der Waals surface area contributed by atoms with Crippen LogP contribution < -0.4 is 9.62 Å². The average molecular weight is 492 g/mol. The summed E-state index contributed by atoms with van der Waals surface area (Å²) in [6, 6.07) is 12.4. The van der Waals surface area contributed by atoms with E-state index in [1.54, 1.807) is 24.3 Å². The summed E-state index contributed by atoms with van der Waals surface area (Å²) in [5.74, 6) is -0.936. The molecule has 0 aliphatic heterocycles. The lowest BCUT2D eigenvalue weighted by Crippen LogP contribution is -2.48. The molecule has 0 aliphatic carbocycles. The molecule has 0 heterocycles. The second-order valence-corrected chi connectivity index (χ2v) is 10.1. The van der Waals surface area contributed by atoms with Crippen molar-refractivity contribution in [1.29, 1.82) is 0 Å². The van der Waals surface area contributed by atoms with Crippen LogP contribution in [-0.2, 0) is 32.6 Å². The van der Waals surface area contributed by atoms with Crippen LogP contribution in [0.1, 0.15) is 44.2 Å². The number of carbonyl (C=O) groups is 2. The molecule has 0 bridgehead atoms. The molecule has 2 aromatic carbocycles. The summed E-state index contributed by atoms with van der Waals surface area (Å²) >= 11 is 0. The lowest BCUT2D eigenvalue weighted by molar-refractivity contribution is -0.141. The zero-order valence-electron chi connectivity index (χ0n) is 20.3. The van der Waals surface area contributed by atoms with Gasteiger partial charge in [-0.2, -0.15) is 0 Å². The lowest BCUT2D eigenvalue weighted by atomic mass is 10.1. The van der Waals surface area contributed by atoms with Gasteiger partial charge in [0.05, 0.1) is 11.9 Å². The fourth-order valence-corrected chi connectivity index (χ4v) is 4.74. The number of hydrogen-bond acceptors (Lipinski definition) is 4. The number of anilines is 1. The van der Waals surface area contributed by atoms with E-state index in [4.69, 9.17) is 0 Å². The van der Waals surface area contributed by atoms with Crippen LogP contribution in [0.15, 0.2) is 48.5 Å². The topological polar surface area (TPSA) is 86.8 Å². The number of aryl methyl sites for hydroxylation is 1. The minimum Gasteiger partial charge on any atom is -0.357 e. The monoisotopic (exact) mass is 491 g/mol. The van der Waals surface area contributed by atoms with Gasteiger partial charge in [-0.25, -0.2) is 12.8 Å². The highest BCUT2D eigenvalue weighted by Crippen LogP contribution is 2.20. The van der Waals surface area contributed by atoms with Gasteiger partial charge in [0.25, 0.3) is 0 Å². The van der Waals surface area contributed by atoms with Crippen molar-refractivity contribution in [3.05, 3.63) is 65.5 Å². The highest BCUT2D eigenvalue weighted by atomic mass is 32.2. The lowest BCUT2D eigenvalue weighted by Gasteiger charge is -2.30. The van der Waals surface area contributed by atoms with Crippen LogP contribution in [0.5, 0.6) is 0 Å². The summed E-state index contributed by atoms with van der Waals surface area (Å²) < 4.78 is 39.4. The van der Waals surface area contributed by atoms with E-state index < -0.39 is 16.1 Å². The van der Waals surface area contributed by atoms with Crippen molar-refractivity contribution in [2.75, 3.05) is 24.2 Å². The molecular weight excluding hydrogens is 457 g/mol. The van der Waals surface area contributed by atoms with Crippen molar-refractivity contribution in [3.8, 4) is 0 Å². The predicted octanol–water partition coefficient (Wildman–Crippen LogP) is 3.49. The molecule has 1 unspecified atom stereocenters. The summed E-state index contributed by atoms with van der Waals surface area (Å²) in [5, 5.41) is 2.59. The van der Waals surface area contributed by atoms with Crippen LogP contribution in [0.2, 0.25) is 0 Å². The Kier molecular flexibility index (Phi) is 10.0. The predicted molar refractivity (Wildman–Crippen MR) is 132 cm³/mol. The number of nitrogens with zero attached hydrogens (tertiary/aromatic N) is 2. The Morgan fingerprint density at radius 1 is 1.00 bits per heavy atom. The maximum Gasteiger partial charge on any atom is 0.242 e. The quantitative estimate of drug-likeness (QED) is 0.492. The maximum absolute atomic E-state index is 13.3. The normalized spacial score (nSPS) is 12.1. The second kappa shape index (κ2) is 12.5. The third-order valence-corrected chi connectivity index (χ3v) is 6.88. The van der Waals surface area contributed by atoms with E-state index in [1.807, 2.05) is 26.0 Å². The van der Waals surface area contributed by atoms with Crippen LogP contribution >= 0.6 is 0 Å². The number of hydrogen-bond donors (Lipinski definition) is 1. The largest absolute Gasteiger partial charge is 0.357 e. The van der Waals surface area contributed by atoms with Crippen LogP contribution in [0.4, 0.5) is 10.1 Å². The number of likely N-dealkylation sites (N-methyl/N-ethyl adjacent to an activating group) is 1. The number of benzene rings is 2. The molecule has 0 aromatic heterocycles. The molecule has 2 aromatic rings. The molecule has 0 spiro atoms. The molecule has 0 fully saturated rings. The Labute approximate surface area is 202 Å². The maximum atomic E-state index is 13.3. The minimum atomic E-state index is -3.54. The zero-order valence-corrected chi connectivity index (χ0v) is 21.1. The van der Waals surface area contributed by atoms with Gasteiger partial charge in [0.1, 0.15) is 11.9 Å². The number of amides is 2. The third kappa shape index (κ3) is 7.55. The fourth-order valence-electron chi connectivity index (χ4n) is 3.77. The third-order valence-electron chi connectivity index (χ3n) is 5.68. The van der Waals surface area contributed by atoms with E-state index in [0.29, 0.717) is 17.7 Å². The molecule has 2 rings (SSSR count). The smallest absolute Gasteiger partial charge is 0.242 e. The summed E-state index contributed by atoms with van der Waals surface area (Å²) in [6.45, 7) is 4.13. The Hall–Kier alpha value is -2.94. The van der Waals surface area contributed by atoms with E-state index in [-0.39, 0.29) is 43.6 Å². The second-order valence-electron chi connectivity index (χ2n) is 8.15. The Bertz CT molecular complexity index is 1060. The molecular formula is C25H34FN3O4S. The first-order valence-electron chi connectivity index (χ1n) is 11.4. The molecule has 1 atom stereocenters. The Balaban J connectivity index is 2.17. The Morgan fingerprint density at radius 3 is 2.09 bits per heavy atom. The van der Waals surface area contributed by atoms with Gasteiger partial charge >= 0.3 is 0 Å². The molecule has 0 saturated carbocycles. The van der Waals surface area contributed by atoms with Crippen molar-refractivity contribution >= 4 is 27.5 Å². The van der Waals surface area contributed by atoms with Gasteiger partial charge in [-0.05, 0) is 54.7 Å². The standard InChI is InChI=1S/C25H34FN3O4S/c1-5-19-11-15-22(16-12-19)29(34(4,32)33)17-7-8-24(30)28(23(6-2)25(31)27-3)18-20-9-13-21(26)14-10-20/h9-16,23H,5-8,17-18H2,1-4H3,(H,27,31). The van der Waals surface area contributed by atoms with Crippen LogP contribution in [0.25, 0.3) is 0 Å². The first-order chi connectivity index (χ1) is 16.1.